The first-order chi connectivity index (χ1) is 21.8. The SMILES string of the molecule is CC(Sc1ccc(NC(=O)/C(=C/c2ccccc2Cl)NC(=O)c2ccccc2)cc1)C(=O)Nc1nc(-c2ccccc2Cl)cs1. The number of anilines is 2. The van der Waals surface area contributed by atoms with Crippen LogP contribution < -0.4 is 16.0 Å². The molecular formula is C34H26Cl2N4O3S2. The Morgan fingerprint density at radius 1 is 0.822 bits per heavy atom. The Morgan fingerprint density at radius 3 is 2.20 bits per heavy atom. The van der Waals surface area contributed by atoms with E-state index in [-0.39, 0.29) is 11.6 Å². The number of amides is 3. The second-order valence-corrected chi connectivity index (χ2v) is 12.7. The number of carbonyl (C=O) groups excluding carboxylic acids is 3. The van der Waals surface area contributed by atoms with Crippen molar-refractivity contribution in [1.29, 1.82) is 0 Å². The molecule has 7 nitrogen and oxygen atoms in total. The maximum Gasteiger partial charge on any atom is 0.272 e. The van der Waals surface area contributed by atoms with Gasteiger partial charge in [-0.3, -0.25) is 14.4 Å². The van der Waals surface area contributed by atoms with E-state index in [9.17, 15) is 14.4 Å². The van der Waals surface area contributed by atoms with Crippen molar-refractivity contribution in [1.82, 2.24) is 10.3 Å². The fraction of sp³-hybridized carbons (Fsp3) is 0.0588. The summed E-state index contributed by atoms with van der Waals surface area (Å²) in [7, 11) is 0. The van der Waals surface area contributed by atoms with Crippen LogP contribution in [0.3, 0.4) is 0 Å². The molecule has 1 atom stereocenters. The molecule has 0 fully saturated rings. The van der Waals surface area contributed by atoms with Gasteiger partial charge in [-0.2, -0.15) is 0 Å². The Labute approximate surface area is 278 Å². The monoisotopic (exact) mass is 672 g/mol. The van der Waals surface area contributed by atoms with Gasteiger partial charge in [0.2, 0.25) is 5.91 Å². The molecule has 0 saturated carbocycles. The lowest BCUT2D eigenvalue weighted by molar-refractivity contribution is -0.115. The van der Waals surface area contributed by atoms with E-state index in [0.29, 0.717) is 37.7 Å². The van der Waals surface area contributed by atoms with Crippen LogP contribution in [0, 0.1) is 0 Å². The molecule has 0 saturated heterocycles. The van der Waals surface area contributed by atoms with E-state index in [1.807, 2.05) is 35.7 Å². The first-order valence-electron chi connectivity index (χ1n) is 13.7. The lowest BCUT2D eigenvalue weighted by atomic mass is 10.1. The first kappa shape index (κ1) is 32.0. The molecule has 0 aliphatic carbocycles. The summed E-state index contributed by atoms with van der Waals surface area (Å²) in [6.45, 7) is 1.81. The number of aromatic nitrogens is 1. The highest BCUT2D eigenvalue weighted by Gasteiger charge is 2.18. The number of benzene rings is 4. The number of nitrogens with zero attached hydrogens (tertiary/aromatic N) is 1. The zero-order chi connectivity index (χ0) is 31.8. The lowest BCUT2D eigenvalue weighted by Gasteiger charge is -2.13. The molecule has 11 heteroatoms. The van der Waals surface area contributed by atoms with Crippen LogP contribution in [-0.2, 0) is 9.59 Å². The third-order valence-electron chi connectivity index (χ3n) is 6.41. The number of thioether (sulfide) groups is 1. The molecule has 5 rings (SSSR count). The van der Waals surface area contributed by atoms with Crippen molar-refractivity contribution in [3.05, 3.63) is 135 Å². The molecule has 3 N–H and O–H groups in total. The predicted octanol–water partition coefficient (Wildman–Crippen LogP) is 8.65. The summed E-state index contributed by atoms with van der Waals surface area (Å²) in [6.07, 6.45) is 1.53. The number of carbonyl (C=O) groups is 3. The number of hydrogen-bond donors (Lipinski definition) is 3. The van der Waals surface area contributed by atoms with Crippen LogP contribution in [0.2, 0.25) is 10.0 Å². The van der Waals surface area contributed by atoms with Crippen molar-refractivity contribution >= 4 is 80.9 Å². The standard InChI is InChI=1S/C34H26Cl2N4O3S2/c1-21(31(41)40-34-39-30(20-44-34)26-12-6-8-14-28(26)36)45-25-17-15-24(16-18-25)37-33(43)29(19-23-11-5-7-13-27(23)35)38-32(42)22-9-3-2-4-10-22/h2-21H,1H3,(H,37,43)(H,38,42)(H,39,40,41)/b29-19-. The smallest absolute Gasteiger partial charge is 0.272 e. The average molecular weight is 674 g/mol. The summed E-state index contributed by atoms with van der Waals surface area (Å²) in [4.78, 5) is 44.4. The summed E-state index contributed by atoms with van der Waals surface area (Å²) < 4.78 is 0. The van der Waals surface area contributed by atoms with Crippen LogP contribution in [0.5, 0.6) is 0 Å². The van der Waals surface area contributed by atoms with Crippen molar-refractivity contribution in [2.75, 3.05) is 10.6 Å². The molecule has 0 aliphatic heterocycles. The van der Waals surface area contributed by atoms with Crippen LogP contribution >= 0.6 is 46.3 Å². The third kappa shape index (κ3) is 8.61. The highest BCUT2D eigenvalue weighted by atomic mass is 35.5. The van der Waals surface area contributed by atoms with Crippen LogP contribution in [0.15, 0.2) is 119 Å². The number of nitrogens with one attached hydrogen (secondary N) is 3. The van der Waals surface area contributed by atoms with Crippen LogP contribution in [0.4, 0.5) is 10.8 Å². The zero-order valence-electron chi connectivity index (χ0n) is 23.8. The lowest BCUT2D eigenvalue weighted by Crippen LogP contribution is -2.30. The van der Waals surface area contributed by atoms with Crippen LogP contribution in [0.1, 0.15) is 22.8 Å². The van der Waals surface area contributed by atoms with Gasteiger partial charge in [-0.25, -0.2) is 4.98 Å². The molecule has 0 spiro atoms. The van der Waals surface area contributed by atoms with Crippen LogP contribution in [-0.4, -0.2) is 28.0 Å². The summed E-state index contributed by atoms with van der Waals surface area (Å²) in [5, 5.41) is 11.3. The van der Waals surface area contributed by atoms with Gasteiger partial charge >= 0.3 is 0 Å². The van der Waals surface area contributed by atoms with E-state index in [4.69, 9.17) is 23.2 Å². The normalized spacial score (nSPS) is 11.8. The molecule has 0 bridgehead atoms. The molecule has 1 unspecified atom stereocenters. The van der Waals surface area contributed by atoms with Gasteiger partial charge in [0.15, 0.2) is 5.13 Å². The van der Waals surface area contributed by atoms with E-state index in [0.717, 1.165) is 10.5 Å². The third-order valence-corrected chi connectivity index (χ3v) is 8.96. The number of thiazole rings is 1. The predicted molar refractivity (Wildman–Crippen MR) is 185 cm³/mol. The van der Waals surface area contributed by atoms with Gasteiger partial charge < -0.3 is 16.0 Å². The summed E-state index contributed by atoms with van der Waals surface area (Å²) in [5.41, 5.74) is 3.02. The molecular weight excluding hydrogens is 647 g/mol. The molecule has 1 heterocycles. The number of hydrogen-bond acceptors (Lipinski definition) is 6. The van der Waals surface area contributed by atoms with Gasteiger partial charge in [-0.05, 0) is 67.1 Å². The van der Waals surface area contributed by atoms with E-state index in [1.54, 1.807) is 79.7 Å². The van der Waals surface area contributed by atoms with Crippen LogP contribution in [0.25, 0.3) is 17.3 Å². The van der Waals surface area contributed by atoms with Gasteiger partial charge in [-0.15, -0.1) is 23.1 Å². The van der Waals surface area contributed by atoms with Gasteiger partial charge in [-0.1, -0.05) is 77.8 Å². The average Bonchev–Trinajstić information content (AvgIpc) is 3.51. The summed E-state index contributed by atoms with van der Waals surface area (Å²) >= 11 is 15.3. The molecule has 1 aromatic heterocycles. The van der Waals surface area contributed by atoms with E-state index in [1.165, 1.54) is 29.2 Å². The maximum absolute atomic E-state index is 13.3. The van der Waals surface area contributed by atoms with Gasteiger partial charge in [0.1, 0.15) is 5.70 Å². The molecule has 0 radical (unpaired) electrons. The van der Waals surface area contributed by atoms with E-state index < -0.39 is 17.1 Å². The second kappa shape index (κ2) is 15.0. The minimum absolute atomic E-state index is 0.0283. The topological polar surface area (TPSA) is 100 Å². The largest absolute Gasteiger partial charge is 0.321 e. The van der Waals surface area contributed by atoms with Crippen molar-refractivity contribution < 1.29 is 14.4 Å². The van der Waals surface area contributed by atoms with Gasteiger partial charge in [0, 0.05) is 37.1 Å². The highest BCUT2D eigenvalue weighted by Crippen LogP contribution is 2.31. The zero-order valence-corrected chi connectivity index (χ0v) is 26.9. The quantitative estimate of drug-likeness (QED) is 0.102. The minimum Gasteiger partial charge on any atom is -0.321 e. The van der Waals surface area contributed by atoms with Gasteiger partial charge in [0.05, 0.1) is 10.9 Å². The molecule has 5 aromatic rings. The Kier molecular flexibility index (Phi) is 10.7. The Hall–Kier alpha value is -4.41. The Balaban J connectivity index is 1.22. The number of rotatable bonds is 10. The van der Waals surface area contributed by atoms with Crippen molar-refractivity contribution in [2.24, 2.45) is 0 Å². The van der Waals surface area contributed by atoms with E-state index in [2.05, 4.69) is 20.9 Å². The van der Waals surface area contributed by atoms with Crippen molar-refractivity contribution in [2.45, 2.75) is 17.1 Å². The Bertz CT molecular complexity index is 1860. The van der Waals surface area contributed by atoms with E-state index >= 15 is 0 Å². The summed E-state index contributed by atoms with van der Waals surface area (Å²) in [6, 6.07) is 30.1. The highest BCUT2D eigenvalue weighted by molar-refractivity contribution is 8.00. The molecule has 0 aliphatic rings. The first-order valence-corrected chi connectivity index (χ1v) is 16.2. The minimum atomic E-state index is -0.521. The Morgan fingerprint density at radius 2 is 1.49 bits per heavy atom. The molecule has 226 valence electrons. The van der Waals surface area contributed by atoms with Gasteiger partial charge in [0.25, 0.3) is 11.8 Å². The molecule has 3 amide bonds. The molecule has 45 heavy (non-hydrogen) atoms. The summed E-state index contributed by atoms with van der Waals surface area (Å²) in [5.74, 6) is -1.14. The maximum atomic E-state index is 13.3. The second-order valence-electron chi connectivity index (χ2n) is 9.65. The fourth-order valence-corrected chi connectivity index (χ4v) is 6.10. The fourth-order valence-electron chi connectivity index (χ4n) is 4.09. The molecule has 4 aromatic carbocycles. The number of halogens is 2. The van der Waals surface area contributed by atoms with Crippen molar-refractivity contribution in [3.8, 4) is 11.3 Å². The van der Waals surface area contributed by atoms with Crippen molar-refractivity contribution in [3.63, 3.8) is 0 Å².